The number of aliphatic hydroxyl groups is 1. The summed E-state index contributed by atoms with van der Waals surface area (Å²) in [4.78, 5) is 22.6. The second kappa shape index (κ2) is 11.1. The number of rotatable bonds is 11. The van der Waals surface area contributed by atoms with Crippen molar-refractivity contribution >= 4 is 11.8 Å². The van der Waals surface area contributed by atoms with Crippen LogP contribution in [0.25, 0.3) is 0 Å². The molecule has 1 aliphatic rings. The summed E-state index contributed by atoms with van der Waals surface area (Å²) in [6.45, 7) is 6.33. The van der Waals surface area contributed by atoms with Crippen LogP contribution in [0.5, 0.6) is 0 Å². The van der Waals surface area contributed by atoms with Crippen LogP contribution in [0.1, 0.15) is 65.7 Å². The van der Waals surface area contributed by atoms with Crippen molar-refractivity contribution in [3.05, 3.63) is 36.5 Å². The van der Waals surface area contributed by atoms with Crippen LogP contribution >= 0.6 is 0 Å². The van der Waals surface area contributed by atoms with E-state index < -0.39 is 12.1 Å². The number of ketones is 1. The number of carbonyl (C=O) groups is 2. The van der Waals surface area contributed by atoms with E-state index in [1.165, 1.54) is 6.08 Å². The van der Waals surface area contributed by atoms with Gasteiger partial charge in [-0.3, -0.25) is 4.79 Å². The first-order valence-electron chi connectivity index (χ1n) is 9.73. The minimum Gasteiger partial charge on any atom is -0.478 e. The molecule has 146 valence electrons. The van der Waals surface area contributed by atoms with Crippen LogP contribution in [0.4, 0.5) is 0 Å². The van der Waals surface area contributed by atoms with E-state index in [2.05, 4.69) is 20.8 Å². The van der Waals surface area contributed by atoms with Crippen LogP contribution in [0, 0.1) is 17.3 Å². The van der Waals surface area contributed by atoms with Crippen molar-refractivity contribution in [3.8, 4) is 0 Å². The summed E-state index contributed by atoms with van der Waals surface area (Å²) >= 11 is 0. The molecule has 1 fully saturated rings. The number of Topliss-reactive ketones (excluding diaryl/α,β-unsaturated/α-hetero) is 1. The largest absolute Gasteiger partial charge is 0.478 e. The summed E-state index contributed by atoms with van der Waals surface area (Å²) in [5.74, 6) is -0.465. The van der Waals surface area contributed by atoms with Gasteiger partial charge >= 0.3 is 5.97 Å². The highest BCUT2D eigenvalue weighted by Gasteiger charge is 2.33. The number of aliphatic hydroxyl groups excluding tert-OH is 1. The fraction of sp³-hybridized carbons (Fsp3) is 0.636. The number of aliphatic carboxylic acids is 1. The highest BCUT2D eigenvalue weighted by Crippen LogP contribution is 2.35. The maximum atomic E-state index is 12.2. The number of unbranched alkanes of at least 4 members (excludes halogenated alkanes) is 1. The lowest BCUT2D eigenvalue weighted by Crippen LogP contribution is -2.27. The molecule has 4 nitrogen and oxygen atoms in total. The van der Waals surface area contributed by atoms with Crippen molar-refractivity contribution in [2.45, 2.75) is 71.8 Å². The Kier molecular flexibility index (Phi) is 9.57. The summed E-state index contributed by atoms with van der Waals surface area (Å²) < 4.78 is 0. The minimum absolute atomic E-state index is 0.00491. The van der Waals surface area contributed by atoms with E-state index in [0.29, 0.717) is 12.2 Å². The van der Waals surface area contributed by atoms with Gasteiger partial charge in [0.15, 0.2) is 0 Å². The topological polar surface area (TPSA) is 74.6 Å². The number of carboxylic acids is 1. The smallest absolute Gasteiger partial charge is 0.328 e. The third kappa shape index (κ3) is 7.69. The van der Waals surface area contributed by atoms with Crippen molar-refractivity contribution in [1.82, 2.24) is 0 Å². The molecule has 0 saturated heterocycles. The molecule has 1 saturated carbocycles. The van der Waals surface area contributed by atoms with Gasteiger partial charge in [0, 0.05) is 18.4 Å². The fourth-order valence-corrected chi connectivity index (χ4v) is 3.42. The van der Waals surface area contributed by atoms with Crippen molar-refractivity contribution in [2.75, 3.05) is 0 Å². The number of hydrogen-bond donors (Lipinski definition) is 2. The van der Waals surface area contributed by atoms with Gasteiger partial charge in [-0.25, -0.2) is 4.79 Å². The predicted octanol–water partition coefficient (Wildman–Crippen LogP) is 4.69. The molecule has 1 rings (SSSR count). The zero-order valence-electron chi connectivity index (χ0n) is 16.4. The number of carbonyl (C=O) groups excluding carboxylic acids is 1. The Labute approximate surface area is 157 Å². The average Bonchev–Trinajstić information content (AvgIpc) is 2.93. The molecule has 0 aromatic rings. The molecule has 0 bridgehead atoms. The Morgan fingerprint density at radius 1 is 1.35 bits per heavy atom. The van der Waals surface area contributed by atoms with Gasteiger partial charge in [0.25, 0.3) is 0 Å². The monoisotopic (exact) mass is 362 g/mol. The molecule has 3 atom stereocenters. The molecule has 0 aliphatic heterocycles. The third-order valence-electron chi connectivity index (χ3n) is 5.30. The normalized spacial score (nSPS) is 22.8. The Hall–Kier alpha value is -1.68. The van der Waals surface area contributed by atoms with Crippen LogP contribution in [0.2, 0.25) is 0 Å². The molecular formula is C22H34O4. The van der Waals surface area contributed by atoms with E-state index in [0.717, 1.165) is 44.6 Å². The van der Waals surface area contributed by atoms with Crippen LogP contribution in [-0.2, 0) is 9.59 Å². The minimum atomic E-state index is -0.966. The van der Waals surface area contributed by atoms with E-state index in [9.17, 15) is 14.7 Å². The number of carboxylic acid groups (broad SMARTS) is 1. The molecule has 0 heterocycles. The van der Waals surface area contributed by atoms with E-state index in [1.807, 2.05) is 18.2 Å². The SMILES string of the molecule is CCCCC(C)(C)C(O)C=CC1CCC(=O)C1CCC=CC=CC(=O)O. The number of hydrogen-bond acceptors (Lipinski definition) is 3. The maximum absolute atomic E-state index is 12.2. The first-order valence-corrected chi connectivity index (χ1v) is 9.73. The Morgan fingerprint density at radius 3 is 2.73 bits per heavy atom. The predicted molar refractivity (Wildman–Crippen MR) is 105 cm³/mol. The standard InChI is InChI=1S/C22H34O4/c1-4-5-16-22(2,3)20(24)15-13-17-12-14-19(23)18(17)10-8-6-7-9-11-21(25)26/h6-7,9,11,13,15,17-18,20,24H,4-5,8,10,12,14,16H2,1-3H3,(H,25,26). The van der Waals surface area contributed by atoms with Crippen molar-refractivity contribution < 1.29 is 19.8 Å². The summed E-state index contributed by atoms with van der Waals surface area (Å²) in [6.07, 6.45) is 15.8. The van der Waals surface area contributed by atoms with E-state index in [4.69, 9.17) is 5.11 Å². The molecule has 2 N–H and O–H groups in total. The molecule has 0 aromatic heterocycles. The van der Waals surface area contributed by atoms with Gasteiger partial charge < -0.3 is 10.2 Å². The lowest BCUT2D eigenvalue weighted by atomic mass is 9.80. The molecule has 26 heavy (non-hydrogen) atoms. The molecule has 0 radical (unpaired) electrons. The highest BCUT2D eigenvalue weighted by atomic mass is 16.4. The van der Waals surface area contributed by atoms with Crippen LogP contribution in [0.15, 0.2) is 36.5 Å². The van der Waals surface area contributed by atoms with Gasteiger partial charge in [0.1, 0.15) is 5.78 Å². The van der Waals surface area contributed by atoms with E-state index in [1.54, 1.807) is 6.08 Å². The quantitative estimate of drug-likeness (QED) is 0.317. The maximum Gasteiger partial charge on any atom is 0.328 e. The first-order chi connectivity index (χ1) is 12.3. The van der Waals surface area contributed by atoms with Crippen LogP contribution in [0.3, 0.4) is 0 Å². The summed E-state index contributed by atoms with van der Waals surface area (Å²) in [5.41, 5.74) is -0.149. The van der Waals surface area contributed by atoms with Gasteiger partial charge in [0.05, 0.1) is 6.10 Å². The summed E-state index contributed by atoms with van der Waals surface area (Å²) in [5, 5.41) is 19.0. The fourth-order valence-electron chi connectivity index (χ4n) is 3.42. The van der Waals surface area contributed by atoms with Gasteiger partial charge in [-0.05, 0) is 37.0 Å². The molecule has 0 spiro atoms. The summed E-state index contributed by atoms with van der Waals surface area (Å²) in [7, 11) is 0. The zero-order valence-corrected chi connectivity index (χ0v) is 16.4. The molecule has 4 heteroatoms. The molecule has 0 aromatic carbocycles. The Morgan fingerprint density at radius 2 is 2.08 bits per heavy atom. The second-order valence-electron chi connectivity index (χ2n) is 7.90. The van der Waals surface area contributed by atoms with Gasteiger partial charge in [0.2, 0.25) is 0 Å². The Bertz CT molecular complexity index is 542. The average molecular weight is 363 g/mol. The molecule has 1 aliphatic carbocycles. The van der Waals surface area contributed by atoms with Crippen LogP contribution < -0.4 is 0 Å². The highest BCUT2D eigenvalue weighted by molar-refractivity contribution is 5.83. The van der Waals surface area contributed by atoms with Crippen molar-refractivity contribution in [1.29, 1.82) is 0 Å². The van der Waals surface area contributed by atoms with Crippen molar-refractivity contribution in [3.63, 3.8) is 0 Å². The van der Waals surface area contributed by atoms with E-state index in [-0.39, 0.29) is 17.3 Å². The van der Waals surface area contributed by atoms with E-state index >= 15 is 0 Å². The lowest BCUT2D eigenvalue weighted by molar-refractivity contribution is -0.131. The molecule has 0 amide bonds. The molecule has 3 unspecified atom stereocenters. The van der Waals surface area contributed by atoms with Crippen molar-refractivity contribution in [2.24, 2.45) is 17.3 Å². The van der Waals surface area contributed by atoms with Gasteiger partial charge in [-0.15, -0.1) is 0 Å². The van der Waals surface area contributed by atoms with Gasteiger partial charge in [-0.1, -0.05) is 64.0 Å². The molecular weight excluding hydrogens is 328 g/mol. The lowest BCUT2D eigenvalue weighted by Gasteiger charge is -2.29. The van der Waals surface area contributed by atoms with Crippen LogP contribution in [-0.4, -0.2) is 28.1 Å². The first kappa shape index (κ1) is 22.4. The second-order valence-corrected chi connectivity index (χ2v) is 7.90. The van der Waals surface area contributed by atoms with Gasteiger partial charge in [-0.2, -0.15) is 0 Å². The number of allylic oxidation sites excluding steroid dienone is 4. The Balaban J connectivity index is 2.56. The summed E-state index contributed by atoms with van der Waals surface area (Å²) in [6, 6.07) is 0. The third-order valence-corrected chi connectivity index (χ3v) is 5.30. The zero-order chi connectivity index (χ0) is 19.6.